The van der Waals surface area contributed by atoms with Gasteiger partial charge < -0.3 is 9.47 Å². The lowest BCUT2D eigenvalue weighted by Crippen LogP contribution is -2.34. The first-order valence-corrected chi connectivity index (χ1v) is 8.44. The number of nitrogens with zero attached hydrogens (tertiary/aromatic N) is 1. The quantitative estimate of drug-likeness (QED) is 0.693. The molecule has 132 valence electrons. The van der Waals surface area contributed by atoms with Crippen molar-refractivity contribution in [1.82, 2.24) is 10.3 Å². The highest BCUT2D eigenvalue weighted by molar-refractivity contribution is 7.16. The van der Waals surface area contributed by atoms with Gasteiger partial charge >= 0.3 is 5.97 Å². The maximum Gasteiger partial charge on any atom is 0.338 e. The summed E-state index contributed by atoms with van der Waals surface area (Å²) < 4.78 is 10.9. The van der Waals surface area contributed by atoms with Crippen LogP contribution in [0.25, 0.3) is 10.2 Å². The Morgan fingerprint density at radius 3 is 2.77 bits per heavy atom. The van der Waals surface area contributed by atoms with Crippen LogP contribution < -0.4 is 10.1 Å². The van der Waals surface area contributed by atoms with Crippen LogP contribution in [-0.4, -0.2) is 36.5 Å². The molecule has 0 aliphatic heterocycles. The Kier molecular flexibility index (Phi) is 5.23. The van der Waals surface area contributed by atoms with Crippen LogP contribution in [0.3, 0.4) is 0 Å². The van der Waals surface area contributed by atoms with Gasteiger partial charge in [0.25, 0.3) is 11.8 Å². The van der Waals surface area contributed by atoms with Crippen molar-refractivity contribution in [3.8, 4) is 5.75 Å². The molecule has 0 fully saturated rings. The van der Waals surface area contributed by atoms with Crippen LogP contribution in [0.2, 0.25) is 0 Å². The molecular weight excluding hydrogens is 356 g/mol. The standard InChI is InChI=1S/C18H14N2O5S/c1-24-14-5-3-2-4-12(14)17(22)20-16(21)9-25-18(23)11-6-7-13-15(8-11)26-10-19-13/h2-8,10H,9H2,1H3,(H,20,21,22). The molecule has 0 aliphatic carbocycles. The molecule has 0 radical (unpaired) electrons. The largest absolute Gasteiger partial charge is 0.496 e. The Balaban J connectivity index is 1.58. The number of methoxy groups -OCH3 is 1. The number of para-hydroxylation sites is 1. The Labute approximate surface area is 152 Å². The second-order valence-corrected chi connectivity index (χ2v) is 6.07. The van der Waals surface area contributed by atoms with Gasteiger partial charge in [0.15, 0.2) is 6.61 Å². The molecule has 3 aromatic rings. The summed E-state index contributed by atoms with van der Waals surface area (Å²) in [5, 5.41) is 2.16. The molecule has 1 aromatic heterocycles. The summed E-state index contributed by atoms with van der Waals surface area (Å²) in [5.74, 6) is -1.67. The average molecular weight is 370 g/mol. The van der Waals surface area contributed by atoms with E-state index >= 15 is 0 Å². The summed E-state index contributed by atoms with van der Waals surface area (Å²) in [6.45, 7) is -0.569. The summed E-state index contributed by atoms with van der Waals surface area (Å²) in [6, 6.07) is 11.4. The van der Waals surface area contributed by atoms with Crippen LogP contribution in [0, 0.1) is 0 Å². The second kappa shape index (κ2) is 7.75. The lowest BCUT2D eigenvalue weighted by molar-refractivity contribution is -0.123. The number of imide groups is 1. The third-order valence-corrected chi connectivity index (χ3v) is 4.30. The van der Waals surface area contributed by atoms with E-state index in [-0.39, 0.29) is 5.56 Å². The highest BCUT2D eigenvalue weighted by Gasteiger charge is 2.16. The molecule has 0 bridgehead atoms. The lowest BCUT2D eigenvalue weighted by Gasteiger charge is -2.08. The SMILES string of the molecule is COc1ccccc1C(=O)NC(=O)COC(=O)c1ccc2ncsc2c1. The van der Waals surface area contributed by atoms with E-state index in [2.05, 4.69) is 10.3 Å². The monoisotopic (exact) mass is 370 g/mol. The average Bonchev–Trinajstić information content (AvgIpc) is 3.13. The van der Waals surface area contributed by atoms with Gasteiger partial charge in [-0.2, -0.15) is 0 Å². The Hall–Kier alpha value is -3.26. The van der Waals surface area contributed by atoms with Crippen molar-refractivity contribution in [2.75, 3.05) is 13.7 Å². The number of fused-ring (bicyclic) bond motifs is 1. The number of esters is 1. The fourth-order valence-electron chi connectivity index (χ4n) is 2.26. The highest BCUT2D eigenvalue weighted by Crippen LogP contribution is 2.19. The first-order valence-electron chi connectivity index (χ1n) is 7.56. The molecule has 1 N–H and O–H groups in total. The van der Waals surface area contributed by atoms with E-state index in [1.807, 2.05) is 0 Å². The van der Waals surface area contributed by atoms with Gasteiger partial charge in [0.1, 0.15) is 5.75 Å². The molecule has 2 aromatic carbocycles. The molecule has 0 atom stereocenters. The van der Waals surface area contributed by atoms with Crippen molar-refractivity contribution >= 4 is 39.3 Å². The Bertz CT molecular complexity index is 982. The molecular formula is C18H14N2O5S. The van der Waals surface area contributed by atoms with Gasteiger partial charge in [-0.1, -0.05) is 12.1 Å². The minimum atomic E-state index is -0.729. The fraction of sp³-hybridized carbons (Fsp3) is 0.111. The maximum atomic E-state index is 12.1. The minimum Gasteiger partial charge on any atom is -0.496 e. The smallest absolute Gasteiger partial charge is 0.338 e. The summed E-state index contributed by atoms with van der Waals surface area (Å²) in [6.07, 6.45) is 0. The van der Waals surface area contributed by atoms with Crippen LogP contribution in [-0.2, 0) is 9.53 Å². The van der Waals surface area contributed by atoms with Gasteiger partial charge in [-0.25, -0.2) is 9.78 Å². The number of nitrogens with one attached hydrogen (secondary N) is 1. The van der Waals surface area contributed by atoms with E-state index in [4.69, 9.17) is 9.47 Å². The van der Waals surface area contributed by atoms with Gasteiger partial charge in [-0.15, -0.1) is 11.3 Å². The molecule has 0 unspecified atom stereocenters. The van der Waals surface area contributed by atoms with Crippen LogP contribution in [0.4, 0.5) is 0 Å². The van der Waals surface area contributed by atoms with Crippen LogP contribution in [0.5, 0.6) is 5.75 Å². The molecule has 0 spiro atoms. The Morgan fingerprint density at radius 2 is 1.96 bits per heavy atom. The molecule has 1 heterocycles. The number of aromatic nitrogens is 1. The van der Waals surface area contributed by atoms with Crippen LogP contribution >= 0.6 is 11.3 Å². The van der Waals surface area contributed by atoms with E-state index in [1.165, 1.54) is 24.5 Å². The minimum absolute atomic E-state index is 0.213. The first kappa shape index (κ1) is 17.6. The van der Waals surface area contributed by atoms with Crippen molar-refractivity contribution in [1.29, 1.82) is 0 Å². The topological polar surface area (TPSA) is 94.6 Å². The lowest BCUT2D eigenvalue weighted by atomic mass is 10.2. The first-order chi connectivity index (χ1) is 12.6. The van der Waals surface area contributed by atoms with E-state index in [9.17, 15) is 14.4 Å². The fourth-order valence-corrected chi connectivity index (χ4v) is 2.98. The molecule has 0 saturated heterocycles. The molecule has 0 aliphatic rings. The zero-order chi connectivity index (χ0) is 18.5. The van der Waals surface area contributed by atoms with Crippen molar-refractivity contribution in [2.24, 2.45) is 0 Å². The Morgan fingerprint density at radius 1 is 1.15 bits per heavy atom. The highest BCUT2D eigenvalue weighted by atomic mass is 32.1. The zero-order valence-electron chi connectivity index (χ0n) is 13.7. The summed E-state index contributed by atoms with van der Waals surface area (Å²) in [7, 11) is 1.43. The number of benzene rings is 2. The number of hydrogen-bond acceptors (Lipinski definition) is 7. The number of thiazole rings is 1. The molecule has 7 nitrogen and oxygen atoms in total. The third kappa shape index (κ3) is 3.86. The summed E-state index contributed by atoms with van der Waals surface area (Å²) in [4.78, 5) is 40.2. The number of hydrogen-bond donors (Lipinski definition) is 1. The number of ether oxygens (including phenoxy) is 2. The van der Waals surface area contributed by atoms with Crippen molar-refractivity contribution in [2.45, 2.75) is 0 Å². The van der Waals surface area contributed by atoms with E-state index in [0.29, 0.717) is 11.3 Å². The number of carbonyl (C=O) groups is 3. The van der Waals surface area contributed by atoms with Crippen molar-refractivity contribution in [3.63, 3.8) is 0 Å². The van der Waals surface area contributed by atoms with E-state index in [0.717, 1.165) is 10.2 Å². The molecule has 8 heteroatoms. The van der Waals surface area contributed by atoms with Gasteiger partial charge in [0.2, 0.25) is 0 Å². The summed E-state index contributed by atoms with van der Waals surface area (Å²) >= 11 is 1.40. The number of carbonyl (C=O) groups excluding carboxylic acids is 3. The molecule has 26 heavy (non-hydrogen) atoms. The van der Waals surface area contributed by atoms with Crippen molar-refractivity contribution in [3.05, 3.63) is 59.1 Å². The zero-order valence-corrected chi connectivity index (χ0v) is 14.5. The second-order valence-electron chi connectivity index (χ2n) is 5.19. The molecule has 3 rings (SSSR count). The van der Waals surface area contributed by atoms with E-state index in [1.54, 1.807) is 41.9 Å². The maximum absolute atomic E-state index is 12.1. The summed E-state index contributed by atoms with van der Waals surface area (Å²) in [5.41, 5.74) is 2.99. The molecule has 2 amide bonds. The predicted octanol–water partition coefficient (Wildman–Crippen LogP) is 2.42. The van der Waals surface area contributed by atoms with Gasteiger partial charge in [0.05, 0.1) is 34.0 Å². The van der Waals surface area contributed by atoms with Gasteiger partial charge in [-0.3, -0.25) is 14.9 Å². The normalized spacial score (nSPS) is 10.3. The van der Waals surface area contributed by atoms with Gasteiger partial charge in [-0.05, 0) is 30.3 Å². The van der Waals surface area contributed by atoms with Crippen LogP contribution in [0.15, 0.2) is 48.0 Å². The molecule has 0 saturated carbocycles. The number of amides is 2. The third-order valence-electron chi connectivity index (χ3n) is 3.51. The van der Waals surface area contributed by atoms with E-state index < -0.39 is 24.4 Å². The van der Waals surface area contributed by atoms with Crippen LogP contribution in [0.1, 0.15) is 20.7 Å². The predicted molar refractivity (Wildman–Crippen MR) is 95.4 cm³/mol. The van der Waals surface area contributed by atoms with Gasteiger partial charge in [0, 0.05) is 0 Å². The number of rotatable bonds is 5. The van der Waals surface area contributed by atoms with Crippen molar-refractivity contribution < 1.29 is 23.9 Å².